The molecule has 78 valence electrons. The minimum absolute atomic E-state index is 0.121. The van der Waals surface area contributed by atoms with Crippen LogP contribution in [0.4, 0.5) is 0 Å². The van der Waals surface area contributed by atoms with Gasteiger partial charge in [-0.25, -0.2) is 0 Å². The fraction of sp³-hybridized carbons (Fsp3) is 0.200. The number of halogens is 1. The van der Waals surface area contributed by atoms with Gasteiger partial charge in [-0.15, -0.1) is 10.2 Å². The van der Waals surface area contributed by atoms with Crippen LogP contribution < -0.4 is 0 Å². The Bertz CT molecular complexity index is 455. The van der Waals surface area contributed by atoms with Crippen molar-refractivity contribution in [1.82, 2.24) is 14.8 Å². The fourth-order valence-corrected chi connectivity index (χ4v) is 1.54. The number of hydrogen-bond donors (Lipinski definition) is 1. The predicted octanol–water partition coefficient (Wildman–Crippen LogP) is 1.47. The second kappa shape index (κ2) is 4.42. The van der Waals surface area contributed by atoms with Gasteiger partial charge in [0.15, 0.2) is 5.82 Å². The number of nitrogens with zero attached hydrogens (tertiary/aromatic N) is 3. The molecule has 0 saturated heterocycles. The minimum Gasteiger partial charge on any atom is -0.388 e. The molecule has 0 amide bonds. The van der Waals surface area contributed by atoms with Crippen molar-refractivity contribution in [1.29, 1.82) is 0 Å². The van der Waals surface area contributed by atoms with Crippen LogP contribution in [-0.4, -0.2) is 19.9 Å². The Labute approximate surface area is 92.1 Å². The van der Waals surface area contributed by atoms with Crippen molar-refractivity contribution in [3.63, 3.8) is 0 Å². The molecular weight excluding hydrogens is 214 g/mol. The maximum Gasteiger partial charge on any atom is 0.158 e. The lowest BCUT2D eigenvalue weighted by molar-refractivity contribution is 0.265. The largest absolute Gasteiger partial charge is 0.388 e. The second-order valence-electron chi connectivity index (χ2n) is 3.12. The van der Waals surface area contributed by atoms with Crippen molar-refractivity contribution < 1.29 is 5.11 Å². The quantitative estimate of drug-likeness (QED) is 0.858. The molecule has 0 radical (unpaired) electrons. The molecule has 1 aromatic heterocycles. The summed E-state index contributed by atoms with van der Waals surface area (Å²) in [5, 5.41) is 17.2. The summed E-state index contributed by atoms with van der Waals surface area (Å²) in [5.74, 6) is 0.537. The van der Waals surface area contributed by atoms with E-state index in [1.54, 1.807) is 10.9 Å². The molecule has 0 aliphatic heterocycles. The lowest BCUT2D eigenvalue weighted by atomic mass is 10.2. The molecule has 1 heterocycles. The highest BCUT2D eigenvalue weighted by molar-refractivity contribution is 6.31. The highest BCUT2D eigenvalue weighted by atomic mass is 35.5. The highest BCUT2D eigenvalue weighted by Crippen LogP contribution is 2.16. The van der Waals surface area contributed by atoms with Crippen molar-refractivity contribution in [2.75, 3.05) is 0 Å². The summed E-state index contributed by atoms with van der Waals surface area (Å²) in [7, 11) is 0. The van der Waals surface area contributed by atoms with Gasteiger partial charge >= 0.3 is 0 Å². The van der Waals surface area contributed by atoms with E-state index in [0.29, 0.717) is 17.4 Å². The zero-order valence-corrected chi connectivity index (χ0v) is 8.72. The third-order valence-corrected chi connectivity index (χ3v) is 2.50. The van der Waals surface area contributed by atoms with Crippen LogP contribution >= 0.6 is 11.6 Å². The van der Waals surface area contributed by atoms with Gasteiger partial charge in [-0.2, -0.15) is 0 Å². The van der Waals surface area contributed by atoms with Crippen LogP contribution in [-0.2, 0) is 13.2 Å². The summed E-state index contributed by atoms with van der Waals surface area (Å²) in [6.07, 6.45) is 1.58. The van der Waals surface area contributed by atoms with Gasteiger partial charge in [-0.1, -0.05) is 29.8 Å². The zero-order valence-electron chi connectivity index (χ0n) is 7.97. The molecule has 2 aromatic rings. The first-order valence-corrected chi connectivity index (χ1v) is 4.90. The van der Waals surface area contributed by atoms with Gasteiger partial charge in [0.25, 0.3) is 0 Å². The average Bonchev–Trinajstić information content (AvgIpc) is 2.69. The zero-order chi connectivity index (χ0) is 10.7. The van der Waals surface area contributed by atoms with Gasteiger partial charge in [-0.05, 0) is 11.6 Å². The highest BCUT2D eigenvalue weighted by Gasteiger charge is 2.05. The van der Waals surface area contributed by atoms with Crippen LogP contribution in [0.25, 0.3) is 0 Å². The summed E-state index contributed by atoms with van der Waals surface area (Å²) >= 11 is 6.02. The third kappa shape index (κ3) is 2.16. The molecule has 15 heavy (non-hydrogen) atoms. The maximum atomic E-state index is 9.00. The van der Waals surface area contributed by atoms with E-state index in [0.717, 1.165) is 5.56 Å². The molecule has 5 heteroatoms. The van der Waals surface area contributed by atoms with Gasteiger partial charge in [0, 0.05) is 5.02 Å². The van der Waals surface area contributed by atoms with Gasteiger partial charge in [0.2, 0.25) is 0 Å². The molecule has 0 unspecified atom stereocenters. The smallest absolute Gasteiger partial charge is 0.158 e. The Morgan fingerprint density at radius 3 is 2.87 bits per heavy atom. The third-order valence-electron chi connectivity index (χ3n) is 2.14. The molecule has 0 spiro atoms. The van der Waals surface area contributed by atoms with Crippen LogP contribution in [0.5, 0.6) is 0 Å². The van der Waals surface area contributed by atoms with E-state index >= 15 is 0 Å². The molecule has 0 aliphatic carbocycles. The molecule has 0 fully saturated rings. The maximum absolute atomic E-state index is 9.00. The topological polar surface area (TPSA) is 50.9 Å². The Kier molecular flexibility index (Phi) is 2.99. The Morgan fingerprint density at radius 2 is 2.13 bits per heavy atom. The summed E-state index contributed by atoms with van der Waals surface area (Å²) < 4.78 is 1.77. The van der Waals surface area contributed by atoms with Gasteiger partial charge in [-0.3, -0.25) is 0 Å². The molecule has 0 saturated carbocycles. The number of rotatable bonds is 3. The van der Waals surface area contributed by atoms with Gasteiger partial charge in [0.05, 0.1) is 6.54 Å². The Hall–Kier alpha value is -1.39. The van der Waals surface area contributed by atoms with E-state index in [9.17, 15) is 0 Å². The Balaban J connectivity index is 2.26. The van der Waals surface area contributed by atoms with Crippen molar-refractivity contribution in [3.8, 4) is 0 Å². The molecule has 1 aromatic carbocycles. The van der Waals surface area contributed by atoms with E-state index in [1.165, 1.54) is 0 Å². The van der Waals surface area contributed by atoms with E-state index in [4.69, 9.17) is 16.7 Å². The predicted molar refractivity (Wildman–Crippen MR) is 56.5 cm³/mol. The molecule has 1 N–H and O–H groups in total. The lowest BCUT2D eigenvalue weighted by Crippen LogP contribution is -2.04. The first-order chi connectivity index (χ1) is 7.31. The lowest BCUT2D eigenvalue weighted by Gasteiger charge is -2.06. The number of hydrogen-bond acceptors (Lipinski definition) is 3. The van der Waals surface area contributed by atoms with Crippen LogP contribution in [0.1, 0.15) is 11.4 Å². The Morgan fingerprint density at radius 1 is 1.33 bits per heavy atom. The molecule has 4 nitrogen and oxygen atoms in total. The number of aliphatic hydroxyl groups is 1. The van der Waals surface area contributed by atoms with E-state index in [1.807, 2.05) is 24.3 Å². The van der Waals surface area contributed by atoms with E-state index in [2.05, 4.69) is 10.2 Å². The first-order valence-electron chi connectivity index (χ1n) is 4.52. The number of aromatic nitrogens is 3. The first kappa shape index (κ1) is 10.1. The van der Waals surface area contributed by atoms with Crippen LogP contribution in [0.2, 0.25) is 5.02 Å². The second-order valence-corrected chi connectivity index (χ2v) is 3.53. The van der Waals surface area contributed by atoms with Crippen LogP contribution in [0.15, 0.2) is 30.6 Å². The molecular formula is C10H10ClN3O. The molecule has 0 atom stereocenters. The van der Waals surface area contributed by atoms with Gasteiger partial charge in [0.1, 0.15) is 12.9 Å². The van der Waals surface area contributed by atoms with E-state index < -0.39 is 0 Å². The van der Waals surface area contributed by atoms with Crippen molar-refractivity contribution >= 4 is 11.6 Å². The SMILES string of the molecule is OCc1nncn1Cc1ccccc1Cl. The monoisotopic (exact) mass is 223 g/mol. The van der Waals surface area contributed by atoms with Gasteiger partial charge < -0.3 is 9.67 Å². The number of benzene rings is 1. The summed E-state index contributed by atoms with van der Waals surface area (Å²) in [6.45, 7) is 0.451. The van der Waals surface area contributed by atoms with E-state index in [-0.39, 0.29) is 6.61 Å². The normalized spacial score (nSPS) is 10.5. The van der Waals surface area contributed by atoms with Crippen molar-refractivity contribution in [2.45, 2.75) is 13.2 Å². The standard InChI is InChI=1S/C10H10ClN3O/c11-9-4-2-1-3-8(9)5-14-7-12-13-10(14)6-15/h1-4,7,15H,5-6H2. The van der Waals surface area contributed by atoms with Crippen molar-refractivity contribution in [2.24, 2.45) is 0 Å². The minimum atomic E-state index is -0.121. The summed E-state index contributed by atoms with van der Waals surface area (Å²) in [4.78, 5) is 0. The number of aliphatic hydroxyl groups excluding tert-OH is 1. The summed E-state index contributed by atoms with van der Waals surface area (Å²) in [5.41, 5.74) is 0.980. The van der Waals surface area contributed by atoms with Crippen LogP contribution in [0.3, 0.4) is 0 Å². The van der Waals surface area contributed by atoms with Crippen molar-refractivity contribution in [3.05, 3.63) is 47.0 Å². The average molecular weight is 224 g/mol. The summed E-state index contributed by atoms with van der Waals surface area (Å²) in [6, 6.07) is 7.57. The molecule has 2 rings (SSSR count). The molecule has 0 bridgehead atoms. The fourth-order valence-electron chi connectivity index (χ4n) is 1.34. The van der Waals surface area contributed by atoms with Crippen LogP contribution in [0, 0.1) is 0 Å². The molecule has 0 aliphatic rings.